The smallest absolute Gasteiger partial charge is 0.341 e. The first-order valence-corrected chi connectivity index (χ1v) is 13.8. The largest absolute Gasteiger partial charge is 0.462 e. The number of nitrogens with zero attached hydrogens (tertiary/aromatic N) is 1. The van der Waals surface area contributed by atoms with Crippen LogP contribution in [0.2, 0.25) is 0 Å². The highest BCUT2D eigenvalue weighted by molar-refractivity contribution is 7.17. The molecule has 1 atom stereocenters. The van der Waals surface area contributed by atoms with E-state index >= 15 is 0 Å². The number of nitrogens with one attached hydrogen (secondary N) is 1. The van der Waals surface area contributed by atoms with E-state index in [1.54, 1.807) is 6.92 Å². The number of carbonyl (C=O) groups excluding carboxylic acids is 2. The average Bonchev–Trinajstić information content (AvgIpc) is 3.26. The standard InChI is InChI=1S/C31H32N2O3S/c1-5-20-12-14-23-27(16-20)37-30(28(23)31(35)36-6-2)33-29(34)24-17-26(21-13-11-18(3)19(4)15-21)32-25-10-8-7-9-22(24)25/h7-11,13,15,17,20H,5-6,12,14,16H2,1-4H3,(H,33,34)/t20-/m1/s1. The van der Waals surface area contributed by atoms with Gasteiger partial charge in [-0.1, -0.05) is 43.7 Å². The van der Waals surface area contributed by atoms with Gasteiger partial charge < -0.3 is 10.1 Å². The maximum absolute atomic E-state index is 13.8. The fraction of sp³-hybridized carbons (Fsp3) is 0.323. The molecule has 1 aliphatic carbocycles. The van der Waals surface area contributed by atoms with Crippen molar-refractivity contribution < 1.29 is 14.3 Å². The number of hydrogen-bond acceptors (Lipinski definition) is 5. The molecule has 0 fully saturated rings. The molecular formula is C31H32N2O3S. The van der Waals surface area contributed by atoms with Crippen LogP contribution in [0.15, 0.2) is 48.5 Å². The molecule has 37 heavy (non-hydrogen) atoms. The van der Waals surface area contributed by atoms with E-state index in [1.165, 1.54) is 27.3 Å². The van der Waals surface area contributed by atoms with Gasteiger partial charge in [-0.2, -0.15) is 0 Å². The predicted molar refractivity (Wildman–Crippen MR) is 151 cm³/mol. The van der Waals surface area contributed by atoms with Crippen LogP contribution in [0, 0.1) is 19.8 Å². The highest BCUT2D eigenvalue weighted by Crippen LogP contribution is 2.41. The first-order valence-electron chi connectivity index (χ1n) is 13.0. The van der Waals surface area contributed by atoms with Gasteiger partial charge in [-0.3, -0.25) is 4.79 Å². The number of benzene rings is 2. The number of aryl methyl sites for hydroxylation is 2. The maximum atomic E-state index is 13.8. The summed E-state index contributed by atoms with van der Waals surface area (Å²) in [5.41, 5.74) is 6.95. The molecule has 0 saturated heterocycles. The molecule has 0 unspecified atom stereocenters. The summed E-state index contributed by atoms with van der Waals surface area (Å²) in [4.78, 5) is 32.9. The Morgan fingerprint density at radius 1 is 1.08 bits per heavy atom. The van der Waals surface area contributed by atoms with Gasteiger partial charge in [0.2, 0.25) is 0 Å². The molecule has 190 valence electrons. The number of aromatic nitrogens is 1. The Hall–Kier alpha value is -3.51. The highest BCUT2D eigenvalue weighted by Gasteiger charge is 2.30. The molecule has 2 aromatic heterocycles. The molecule has 2 aromatic carbocycles. The Morgan fingerprint density at radius 3 is 2.65 bits per heavy atom. The minimum Gasteiger partial charge on any atom is -0.462 e. The summed E-state index contributed by atoms with van der Waals surface area (Å²) in [5, 5.41) is 4.46. The summed E-state index contributed by atoms with van der Waals surface area (Å²) in [7, 11) is 0. The topological polar surface area (TPSA) is 68.3 Å². The van der Waals surface area contributed by atoms with Crippen molar-refractivity contribution in [2.45, 2.75) is 53.4 Å². The summed E-state index contributed by atoms with van der Waals surface area (Å²) in [5.74, 6) is -0.00469. The van der Waals surface area contributed by atoms with E-state index in [0.717, 1.165) is 53.4 Å². The number of carbonyl (C=O) groups is 2. The number of thiophene rings is 1. The zero-order valence-corrected chi connectivity index (χ0v) is 22.6. The zero-order valence-electron chi connectivity index (χ0n) is 21.8. The number of anilines is 1. The van der Waals surface area contributed by atoms with Crippen LogP contribution in [-0.2, 0) is 17.6 Å². The predicted octanol–water partition coefficient (Wildman–Crippen LogP) is 7.52. The second-order valence-electron chi connectivity index (χ2n) is 9.77. The Kier molecular flexibility index (Phi) is 7.11. The van der Waals surface area contributed by atoms with E-state index in [0.29, 0.717) is 28.7 Å². The SMILES string of the molecule is CCOC(=O)c1c(NC(=O)c2cc(-c3ccc(C)c(C)c3)nc3ccccc23)sc2c1CC[C@@H](CC)C2. The molecule has 0 bridgehead atoms. The van der Waals surface area contributed by atoms with Crippen LogP contribution in [0.1, 0.15) is 69.0 Å². The van der Waals surface area contributed by atoms with Crippen molar-refractivity contribution in [2.75, 3.05) is 11.9 Å². The van der Waals surface area contributed by atoms with Gasteiger partial charge in [0.25, 0.3) is 5.91 Å². The van der Waals surface area contributed by atoms with E-state index in [9.17, 15) is 9.59 Å². The Labute approximate surface area is 221 Å². The molecule has 5 rings (SSSR count). The summed E-state index contributed by atoms with van der Waals surface area (Å²) in [6.45, 7) is 8.46. The fourth-order valence-corrected chi connectivity index (χ4v) is 6.44. The number of para-hydroxylation sites is 1. The second-order valence-corrected chi connectivity index (χ2v) is 10.9. The van der Waals surface area contributed by atoms with Crippen LogP contribution >= 0.6 is 11.3 Å². The van der Waals surface area contributed by atoms with E-state index in [2.05, 4.69) is 38.2 Å². The van der Waals surface area contributed by atoms with Crippen LogP contribution < -0.4 is 5.32 Å². The summed E-state index contributed by atoms with van der Waals surface area (Å²) in [6.07, 6.45) is 3.93. The molecule has 0 aliphatic heterocycles. The van der Waals surface area contributed by atoms with Crippen molar-refractivity contribution in [3.05, 3.63) is 81.2 Å². The van der Waals surface area contributed by atoms with Gasteiger partial charge in [0.05, 0.1) is 28.9 Å². The van der Waals surface area contributed by atoms with E-state index in [1.807, 2.05) is 36.4 Å². The molecule has 6 heteroatoms. The monoisotopic (exact) mass is 512 g/mol. The van der Waals surface area contributed by atoms with Crippen molar-refractivity contribution in [3.8, 4) is 11.3 Å². The lowest BCUT2D eigenvalue weighted by atomic mass is 9.85. The van der Waals surface area contributed by atoms with Crippen LogP contribution in [0.25, 0.3) is 22.2 Å². The number of esters is 1. The van der Waals surface area contributed by atoms with Crippen LogP contribution in [0.4, 0.5) is 5.00 Å². The van der Waals surface area contributed by atoms with Crippen molar-refractivity contribution in [2.24, 2.45) is 5.92 Å². The lowest BCUT2D eigenvalue weighted by Crippen LogP contribution is -2.17. The first kappa shape index (κ1) is 25.2. The molecule has 0 spiro atoms. The van der Waals surface area contributed by atoms with Crippen molar-refractivity contribution >= 4 is 39.1 Å². The first-order chi connectivity index (χ1) is 17.9. The molecule has 5 nitrogen and oxygen atoms in total. The summed E-state index contributed by atoms with van der Waals surface area (Å²) in [6, 6.07) is 15.8. The molecule has 4 aromatic rings. The molecule has 1 amide bonds. The zero-order chi connectivity index (χ0) is 26.1. The number of rotatable bonds is 6. The number of fused-ring (bicyclic) bond motifs is 2. The molecule has 2 heterocycles. The average molecular weight is 513 g/mol. The van der Waals surface area contributed by atoms with E-state index in [4.69, 9.17) is 9.72 Å². The van der Waals surface area contributed by atoms with Crippen LogP contribution in [0.5, 0.6) is 0 Å². The van der Waals surface area contributed by atoms with Crippen LogP contribution in [0.3, 0.4) is 0 Å². The minimum absolute atomic E-state index is 0.250. The molecule has 0 radical (unpaired) electrons. The van der Waals surface area contributed by atoms with Gasteiger partial charge in [-0.15, -0.1) is 11.3 Å². The Bertz CT molecular complexity index is 1500. The normalized spacial score (nSPS) is 14.9. The summed E-state index contributed by atoms with van der Waals surface area (Å²) >= 11 is 1.52. The Balaban J connectivity index is 1.57. The second kappa shape index (κ2) is 10.5. The number of amides is 1. The van der Waals surface area contributed by atoms with Gasteiger partial charge in [0.1, 0.15) is 5.00 Å². The lowest BCUT2D eigenvalue weighted by molar-refractivity contribution is 0.0526. The maximum Gasteiger partial charge on any atom is 0.341 e. The van der Waals surface area contributed by atoms with Crippen molar-refractivity contribution in [3.63, 3.8) is 0 Å². The third-order valence-electron chi connectivity index (χ3n) is 7.41. The number of pyridine rings is 1. The lowest BCUT2D eigenvalue weighted by Gasteiger charge is -2.20. The van der Waals surface area contributed by atoms with E-state index < -0.39 is 0 Å². The van der Waals surface area contributed by atoms with E-state index in [-0.39, 0.29) is 11.9 Å². The number of hydrogen-bond donors (Lipinski definition) is 1. The fourth-order valence-electron chi connectivity index (χ4n) is 5.09. The quantitative estimate of drug-likeness (QED) is 0.271. The van der Waals surface area contributed by atoms with Gasteiger partial charge in [0.15, 0.2) is 0 Å². The Morgan fingerprint density at radius 2 is 1.89 bits per heavy atom. The van der Waals surface area contributed by atoms with Crippen molar-refractivity contribution in [1.29, 1.82) is 0 Å². The molecule has 1 aliphatic rings. The van der Waals surface area contributed by atoms with Gasteiger partial charge in [0, 0.05) is 15.8 Å². The molecular weight excluding hydrogens is 480 g/mol. The molecule has 0 saturated carbocycles. The summed E-state index contributed by atoms with van der Waals surface area (Å²) < 4.78 is 5.41. The van der Waals surface area contributed by atoms with Gasteiger partial charge >= 0.3 is 5.97 Å². The third-order valence-corrected chi connectivity index (χ3v) is 8.58. The van der Waals surface area contributed by atoms with Gasteiger partial charge in [-0.05, 0) is 80.8 Å². The van der Waals surface area contributed by atoms with Gasteiger partial charge in [-0.25, -0.2) is 9.78 Å². The number of ether oxygens (including phenoxy) is 1. The van der Waals surface area contributed by atoms with Crippen molar-refractivity contribution in [1.82, 2.24) is 4.98 Å². The highest BCUT2D eigenvalue weighted by atomic mass is 32.1. The minimum atomic E-state index is -0.361. The molecule has 1 N–H and O–H groups in total. The third kappa shape index (κ3) is 4.90. The van der Waals surface area contributed by atoms with Crippen LogP contribution in [-0.4, -0.2) is 23.5 Å².